The molecule has 78 valence electrons. The van der Waals surface area contributed by atoms with Crippen LogP contribution >= 0.6 is 11.6 Å². The number of aryl methyl sites for hydroxylation is 1. The maximum atomic E-state index is 10.0. The first kappa shape index (κ1) is 10.1. The monoisotopic (exact) mass is 224 g/mol. The van der Waals surface area contributed by atoms with Gasteiger partial charge in [-0.1, -0.05) is 16.8 Å². The summed E-state index contributed by atoms with van der Waals surface area (Å²) in [6, 6.07) is 1.67. The Hall–Kier alpha value is -1.46. The van der Waals surface area contributed by atoms with E-state index < -0.39 is 6.10 Å². The van der Waals surface area contributed by atoms with E-state index in [4.69, 9.17) is 11.6 Å². The molecule has 0 aliphatic carbocycles. The zero-order chi connectivity index (χ0) is 10.8. The van der Waals surface area contributed by atoms with Gasteiger partial charge < -0.3 is 5.11 Å². The molecular formula is C9H9ClN4O. The third-order valence-electron chi connectivity index (χ3n) is 2.13. The van der Waals surface area contributed by atoms with Crippen LogP contribution in [-0.4, -0.2) is 25.1 Å². The predicted molar refractivity (Wildman–Crippen MR) is 54.3 cm³/mol. The number of hydrogen-bond donors (Lipinski definition) is 1. The molecule has 0 saturated heterocycles. The molecule has 0 saturated carbocycles. The molecule has 2 heterocycles. The predicted octanol–water partition coefficient (Wildman–Crippen LogP) is 0.945. The summed E-state index contributed by atoms with van der Waals surface area (Å²) in [4.78, 5) is 3.85. The van der Waals surface area contributed by atoms with Crippen LogP contribution in [0.5, 0.6) is 0 Å². The van der Waals surface area contributed by atoms with E-state index >= 15 is 0 Å². The smallest absolute Gasteiger partial charge is 0.124 e. The molecule has 5 nitrogen and oxygen atoms in total. The molecule has 0 amide bonds. The van der Waals surface area contributed by atoms with Gasteiger partial charge in [0, 0.05) is 25.0 Å². The van der Waals surface area contributed by atoms with Gasteiger partial charge >= 0.3 is 0 Å². The summed E-state index contributed by atoms with van der Waals surface area (Å²) in [5.41, 5.74) is 1.18. The van der Waals surface area contributed by atoms with Crippen molar-refractivity contribution in [2.24, 2.45) is 7.05 Å². The van der Waals surface area contributed by atoms with Crippen LogP contribution in [0.15, 0.2) is 24.7 Å². The fraction of sp³-hybridized carbons (Fsp3) is 0.222. The van der Waals surface area contributed by atoms with Crippen LogP contribution in [-0.2, 0) is 7.05 Å². The number of rotatable bonds is 2. The number of aliphatic hydroxyl groups is 1. The number of hydrogen-bond acceptors (Lipinski definition) is 4. The van der Waals surface area contributed by atoms with Crippen LogP contribution in [0, 0.1) is 0 Å². The Kier molecular flexibility index (Phi) is 2.66. The molecule has 2 aromatic rings. The van der Waals surface area contributed by atoms with E-state index in [9.17, 15) is 5.11 Å². The van der Waals surface area contributed by atoms with E-state index in [1.807, 2.05) is 0 Å². The number of nitrogens with zero attached hydrogens (tertiary/aromatic N) is 4. The highest BCUT2D eigenvalue weighted by Crippen LogP contribution is 2.26. The molecule has 0 aliphatic rings. The third-order valence-corrected chi connectivity index (χ3v) is 2.44. The van der Waals surface area contributed by atoms with Gasteiger partial charge in [-0.2, -0.15) is 0 Å². The zero-order valence-electron chi connectivity index (χ0n) is 8.00. The van der Waals surface area contributed by atoms with Crippen LogP contribution in [0.2, 0.25) is 5.02 Å². The van der Waals surface area contributed by atoms with Crippen LogP contribution in [0.4, 0.5) is 0 Å². The Morgan fingerprint density at radius 2 is 2.27 bits per heavy atom. The molecule has 0 bridgehead atoms. The highest BCUT2D eigenvalue weighted by atomic mass is 35.5. The van der Waals surface area contributed by atoms with Crippen LogP contribution in [0.25, 0.3) is 0 Å². The maximum Gasteiger partial charge on any atom is 0.124 e. The van der Waals surface area contributed by atoms with Crippen molar-refractivity contribution < 1.29 is 5.11 Å². The van der Waals surface area contributed by atoms with E-state index in [0.717, 1.165) is 0 Å². The second kappa shape index (κ2) is 3.96. The van der Waals surface area contributed by atoms with Gasteiger partial charge in [0.05, 0.1) is 16.9 Å². The number of pyridine rings is 1. The van der Waals surface area contributed by atoms with Gasteiger partial charge in [0.25, 0.3) is 0 Å². The van der Waals surface area contributed by atoms with Gasteiger partial charge in [0.2, 0.25) is 0 Å². The van der Waals surface area contributed by atoms with Gasteiger partial charge in [-0.25, -0.2) is 4.68 Å². The SMILES string of the molecule is Cn1nncc1C(O)c1ccncc1Cl. The molecule has 0 radical (unpaired) electrons. The third kappa shape index (κ3) is 1.84. The van der Waals surface area contributed by atoms with Crippen molar-refractivity contribution in [2.45, 2.75) is 6.10 Å². The quantitative estimate of drug-likeness (QED) is 0.825. The molecule has 0 aliphatic heterocycles. The lowest BCUT2D eigenvalue weighted by atomic mass is 10.1. The van der Waals surface area contributed by atoms with Crippen molar-refractivity contribution in [2.75, 3.05) is 0 Å². The molecule has 1 unspecified atom stereocenters. The highest BCUT2D eigenvalue weighted by Gasteiger charge is 2.17. The molecule has 15 heavy (non-hydrogen) atoms. The van der Waals surface area contributed by atoms with Crippen molar-refractivity contribution in [3.63, 3.8) is 0 Å². The van der Waals surface area contributed by atoms with Gasteiger partial charge in [-0.3, -0.25) is 4.98 Å². The van der Waals surface area contributed by atoms with Crippen LogP contribution in [0.3, 0.4) is 0 Å². The maximum absolute atomic E-state index is 10.0. The Labute approximate surface area is 91.3 Å². The van der Waals surface area contributed by atoms with E-state index in [1.54, 1.807) is 19.3 Å². The van der Waals surface area contributed by atoms with Crippen molar-refractivity contribution in [3.05, 3.63) is 40.9 Å². The van der Waals surface area contributed by atoms with E-state index in [2.05, 4.69) is 15.3 Å². The summed E-state index contributed by atoms with van der Waals surface area (Å²) in [6.45, 7) is 0. The molecule has 2 aromatic heterocycles. The van der Waals surface area contributed by atoms with Crippen molar-refractivity contribution in [1.82, 2.24) is 20.0 Å². The van der Waals surface area contributed by atoms with Gasteiger partial charge in [-0.05, 0) is 6.07 Å². The molecule has 6 heteroatoms. The standard InChI is InChI=1S/C9H9ClN4O/c1-14-8(5-12-13-14)9(15)6-2-3-11-4-7(6)10/h2-5,9,15H,1H3. The van der Waals surface area contributed by atoms with Crippen LogP contribution in [0.1, 0.15) is 17.4 Å². The van der Waals surface area contributed by atoms with Crippen LogP contribution < -0.4 is 0 Å². The lowest BCUT2D eigenvalue weighted by Crippen LogP contribution is -2.07. The highest BCUT2D eigenvalue weighted by molar-refractivity contribution is 6.31. The molecule has 0 fully saturated rings. The summed E-state index contributed by atoms with van der Waals surface area (Å²) < 4.78 is 1.50. The molecule has 1 N–H and O–H groups in total. The Bertz CT molecular complexity index is 471. The Morgan fingerprint density at radius 1 is 1.47 bits per heavy atom. The first-order chi connectivity index (χ1) is 7.20. The molecule has 2 rings (SSSR count). The van der Waals surface area contributed by atoms with Gasteiger partial charge in [0.15, 0.2) is 0 Å². The second-order valence-electron chi connectivity index (χ2n) is 3.08. The molecule has 0 spiro atoms. The first-order valence-electron chi connectivity index (χ1n) is 4.32. The van der Waals surface area contributed by atoms with Gasteiger partial charge in [-0.15, -0.1) is 5.10 Å². The minimum Gasteiger partial charge on any atom is -0.382 e. The second-order valence-corrected chi connectivity index (χ2v) is 3.49. The number of aromatic nitrogens is 4. The minimum atomic E-state index is -0.833. The zero-order valence-corrected chi connectivity index (χ0v) is 8.76. The van der Waals surface area contributed by atoms with Crippen molar-refractivity contribution in [1.29, 1.82) is 0 Å². The minimum absolute atomic E-state index is 0.422. The average Bonchev–Trinajstić information content (AvgIpc) is 2.64. The molecule has 0 aromatic carbocycles. The lowest BCUT2D eigenvalue weighted by molar-refractivity contribution is 0.209. The largest absolute Gasteiger partial charge is 0.382 e. The molecular weight excluding hydrogens is 216 g/mol. The Balaban J connectivity index is 2.41. The number of halogens is 1. The fourth-order valence-electron chi connectivity index (χ4n) is 1.31. The topological polar surface area (TPSA) is 63.8 Å². The Morgan fingerprint density at radius 3 is 2.87 bits per heavy atom. The summed E-state index contributed by atoms with van der Waals surface area (Å²) >= 11 is 5.92. The summed E-state index contributed by atoms with van der Waals surface area (Å²) in [5, 5.41) is 17.9. The van der Waals surface area contributed by atoms with E-state index in [-0.39, 0.29) is 0 Å². The van der Waals surface area contributed by atoms with E-state index in [1.165, 1.54) is 17.1 Å². The van der Waals surface area contributed by atoms with Crippen molar-refractivity contribution >= 4 is 11.6 Å². The van der Waals surface area contributed by atoms with Gasteiger partial charge in [0.1, 0.15) is 6.10 Å². The fourth-order valence-corrected chi connectivity index (χ4v) is 1.53. The normalized spacial score (nSPS) is 12.7. The first-order valence-corrected chi connectivity index (χ1v) is 4.70. The lowest BCUT2D eigenvalue weighted by Gasteiger charge is -2.11. The average molecular weight is 225 g/mol. The summed E-state index contributed by atoms with van der Waals surface area (Å²) in [7, 11) is 1.71. The number of aliphatic hydroxyl groups excluding tert-OH is 1. The summed E-state index contributed by atoms with van der Waals surface area (Å²) in [6.07, 6.45) is 3.74. The van der Waals surface area contributed by atoms with Crippen molar-refractivity contribution in [3.8, 4) is 0 Å². The van der Waals surface area contributed by atoms with E-state index in [0.29, 0.717) is 16.3 Å². The summed E-state index contributed by atoms with van der Waals surface area (Å²) in [5.74, 6) is 0. The molecule has 1 atom stereocenters.